The fourth-order valence-electron chi connectivity index (χ4n) is 3.73. The Kier molecular flexibility index (Phi) is 6.70. The number of hydrogen-bond donors (Lipinski definition) is 3. The van der Waals surface area contributed by atoms with Gasteiger partial charge in [0.2, 0.25) is 0 Å². The number of benzene rings is 1. The lowest BCUT2D eigenvalue weighted by molar-refractivity contribution is 0.0905. The predicted octanol–water partition coefficient (Wildman–Crippen LogP) is 2.97. The van der Waals surface area contributed by atoms with Gasteiger partial charge < -0.3 is 25.6 Å². The third-order valence-corrected chi connectivity index (χ3v) is 5.48. The van der Waals surface area contributed by atoms with Crippen LogP contribution >= 0.6 is 0 Å². The molecule has 3 heterocycles. The highest BCUT2D eigenvalue weighted by Crippen LogP contribution is 2.32. The molecule has 0 aliphatic carbocycles. The highest BCUT2D eigenvalue weighted by Gasteiger charge is 2.19. The Balaban J connectivity index is 1.70. The molecule has 1 saturated heterocycles. The lowest BCUT2D eigenvalue weighted by Gasteiger charge is -2.24. The molecule has 0 saturated carbocycles. The minimum atomic E-state index is -0.686. The van der Waals surface area contributed by atoms with Gasteiger partial charge in [-0.2, -0.15) is 5.10 Å². The van der Waals surface area contributed by atoms with Crippen LogP contribution in [0.2, 0.25) is 0 Å². The molecule has 1 atom stereocenters. The van der Waals surface area contributed by atoms with Crippen molar-refractivity contribution in [2.75, 3.05) is 31.7 Å². The van der Waals surface area contributed by atoms with Gasteiger partial charge in [-0.3, -0.25) is 0 Å². The summed E-state index contributed by atoms with van der Waals surface area (Å²) >= 11 is 0. The summed E-state index contributed by atoms with van der Waals surface area (Å²) in [6.07, 6.45) is 3.16. The van der Waals surface area contributed by atoms with E-state index in [1.165, 1.54) is 0 Å². The third-order valence-electron chi connectivity index (χ3n) is 5.48. The van der Waals surface area contributed by atoms with Crippen LogP contribution in [0.3, 0.4) is 0 Å². The highest BCUT2D eigenvalue weighted by molar-refractivity contribution is 5.92. The first-order valence-corrected chi connectivity index (χ1v) is 10.9. The molecular formula is C23H31N5O3. The van der Waals surface area contributed by atoms with Crippen molar-refractivity contribution in [3.05, 3.63) is 36.5 Å². The molecule has 3 aromatic rings. The average molecular weight is 426 g/mol. The topological polar surface area (TPSA) is 107 Å². The number of fused-ring (bicyclic) bond motifs is 1. The van der Waals surface area contributed by atoms with Crippen molar-refractivity contribution in [2.45, 2.75) is 44.9 Å². The van der Waals surface area contributed by atoms with E-state index in [1.807, 2.05) is 35.1 Å². The van der Waals surface area contributed by atoms with E-state index in [9.17, 15) is 5.11 Å². The largest absolute Gasteiger partial charge is 0.491 e. The van der Waals surface area contributed by atoms with Crippen LogP contribution in [0.4, 0.5) is 5.69 Å². The Morgan fingerprint density at radius 2 is 2.10 bits per heavy atom. The van der Waals surface area contributed by atoms with Gasteiger partial charge in [-0.05, 0) is 44.9 Å². The minimum Gasteiger partial charge on any atom is -0.491 e. The summed E-state index contributed by atoms with van der Waals surface area (Å²) in [5.41, 5.74) is 9.13. The number of aliphatic hydroxyl groups excluding tert-OH is 1. The molecule has 166 valence electrons. The van der Waals surface area contributed by atoms with Crippen molar-refractivity contribution in [3.63, 3.8) is 0 Å². The van der Waals surface area contributed by atoms with Gasteiger partial charge in [0.1, 0.15) is 18.5 Å². The average Bonchev–Trinajstić information content (AvgIpc) is 3.23. The van der Waals surface area contributed by atoms with Gasteiger partial charge in [-0.1, -0.05) is 12.1 Å². The van der Waals surface area contributed by atoms with E-state index in [-0.39, 0.29) is 19.2 Å². The van der Waals surface area contributed by atoms with Gasteiger partial charge in [-0.15, -0.1) is 0 Å². The van der Waals surface area contributed by atoms with Gasteiger partial charge in [0, 0.05) is 43.1 Å². The number of hydrogen-bond acceptors (Lipinski definition) is 7. The number of pyridine rings is 1. The number of nitrogens with zero attached hydrogens (tertiary/aromatic N) is 3. The number of aliphatic hydroxyl groups is 1. The molecule has 31 heavy (non-hydrogen) atoms. The highest BCUT2D eigenvalue weighted by atomic mass is 16.5. The molecule has 1 aromatic carbocycles. The van der Waals surface area contributed by atoms with Gasteiger partial charge in [-0.25, -0.2) is 9.67 Å². The van der Waals surface area contributed by atoms with Crippen molar-refractivity contribution in [2.24, 2.45) is 5.73 Å². The molecule has 2 aromatic heterocycles. The molecule has 4 N–H and O–H groups in total. The Bertz CT molecular complexity index is 1010. The molecule has 0 amide bonds. The van der Waals surface area contributed by atoms with E-state index in [0.29, 0.717) is 11.8 Å². The Morgan fingerprint density at radius 3 is 2.84 bits per heavy atom. The Morgan fingerprint density at radius 1 is 1.29 bits per heavy atom. The predicted molar refractivity (Wildman–Crippen MR) is 121 cm³/mol. The summed E-state index contributed by atoms with van der Waals surface area (Å²) < 4.78 is 13.2. The second-order valence-corrected chi connectivity index (χ2v) is 8.23. The van der Waals surface area contributed by atoms with Crippen molar-refractivity contribution >= 4 is 16.7 Å². The maximum Gasteiger partial charge on any atom is 0.160 e. The van der Waals surface area contributed by atoms with E-state index in [1.54, 1.807) is 0 Å². The molecule has 0 bridgehead atoms. The maximum absolute atomic E-state index is 9.69. The van der Waals surface area contributed by atoms with E-state index in [4.69, 9.17) is 20.2 Å². The maximum atomic E-state index is 9.69. The zero-order chi connectivity index (χ0) is 21.8. The minimum absolute atomic E-state index is 0.156. The lowest BCUT2D eigenvalue weighted by Crippen LogP contribution is -2.27. The monoisotopic (exact) mass is 425 g/mol. The number of ether oxygens (including phenoxy) is 2. The van der Waals surface area contributed by atoms with E-state index < -0.39 is 6.10 Å². The summed E-state index contributed by atoms with van der Waals surface area (Å²) in [5.74, 6) is 0.670. The fourth-order valence-corrected chi connectivity index (χ4v) is 3.73. The van der Waals surface area contributed by atoms with Crippen LogP contribution in [0.15, 0.2) is 36.5 Å². The number of aromatic nitrogens is 3. The number of nitrogens with two attached hydrogens (primary N) is 1. The smallest absolute Gasteiger partial charge is 0.160 e. The lowest BCUT2D eigenvalue weighted by atomic mass is 10.1. The normalized spacial score (nSPS) is 16.0. The van der Waals surface area contributed by atoms with E-state index in [2.05, 4.69) is 30.3 Å². The van der Waals surface area contributed by atoms with Crippen molar-refractivity contribution in [1.29, 1.82) is 0 Å². The van der Waals surface area contributed by atoms with Crippen LogP contribution in [-0.4, -0.2) is 58.4 Å². The van der Waals surface area contributed by atoms with Crippen molar-refractivity contribution < 1.29 is 14.6 Å². The van der Waals surface area contributed by atoms with Crippen LogP contribution in [0.1, 0.15) is 32.7 Å². The summed E-state index contributed by atoms with van der Waals surface area (Å²) in [7, 11) is 0. The zero-order valence-electron chi connectivity index (χ0n) is 18.1. The SMILES string of the molecule is CC(C)n1ncc2c(NC3CCOCC3)cc(-c3cccc(OCC(O)CN)c3)nc21. The molecule has 0 radical (unpaired) electrons. The second kappa shape index (κ2) is 9.64. The number of anilines is 1. The number of rotatable bonds is 8. The van der Waals surface area contributed by atoms with Crippen LogP contribution in [0, 0.1) is 0 Å². The molecule has 1 unspecified atom stereocenters. The van der Waals surface area contributed by atoms with Crippen LogP contribution in [0.5, 0.6) is 5.75 Å². The first-order valence-electron chi connectivity index (χ1n) is 10.9. The second-order valence-electron chi connectivity index (χ2n) is 8.23. The first-order chi connectivity index (χ1) is 15.0. The zero-order valence-corrected chi connectivity index (χ0v) is 18.1. The molecule has 1 aliphatic heterocycles. The molecular weight excluding hydrogens is 394 g/mol. The van der Waals surface area contributed by atoms with Crippen LogP contribution in [0.25, 0.3) is 22.3 Å². The van der Waals surface area contributed by atoms with Gasteiger partial charge >= 0.3 is 0 Å². The van der Waals surface area contributed by atoms with E-state index >= 15 is 0 Å². The molecule has 1 fully saturated rings. The molecule has 0 spiro atoms. The Labute approximate surface area is 182 Å². The van der Waals surface area contributed by atoms with Gasteiger partial charge in [0.15, 0.2) is 5.65 Å². The molecule has 8 nitrogen and oxygen atoms in total. The molecule has 1 aliphatic rings. The fraction of sp³-hybridized carbons (Fsp3) is 0.478. The summed E-state index contributed by atoms with van der Waals surface area (Å²) in [6, 6.07) is 10.4. The molecule has 8 heteroatoms. The van der Waals surface area contributed by atoms with Gasteiger partial charge in [0.05, 0.1) is 17.3 Å². The first kappa shape index (κ1) is 21.5. The summed E-state index contributed by atoms with van der Waals surface area (Å²) in [5, 5.41) is 19.0. The summed E-state index contributed by atoms with van der Waals surface area (Å²) in [6.45, 7) is 6.07. The van der Waals surface area contributed by atoms with Gasteiger partial charge in [0.25, 0.3) is 0 Å². The number of nitrogens with one attached hydrogen (secondary N) is 1. The Hall–Kier alpha value is -2.68. The third kappa shape index (κ3) is 4.98. The van der Waals surface area contributed by atoms with Crippen LogP contribution < -0.4 is 15.8 Å². The molecule has 4 rings (SSSR count). The standard InChI is InChI=1S/C23H31N5O3/c1-15(2)28-23-20(13-25-28)22(26-17-6-8-30-9-7-17)11-21(27-23)16-4-3-5-19(10-16)31-14-18(29)12-24/h3-5,10-11,13,15,17-18,29H,6-9,12,14,24H2,1-2H3,(H,26,27). The quantitative estimate of drug-likeness (QED) is 0.509. The van der Waals surface area contributed by atoms with Crippen molar-refractivity contribution in [1.82, 2.24) is 14.8 Å². The van der Waals surface area contributed by atoms with E-state index in [0.717, 1.165) is 54.0 Å². The van der Waals surface area contributed by atoms with Crippen LogP contribution in [-0.2, 0) is 4.74 Å². The van der Waals surface area contributed by atoms with Crippen molar-refractivity contribution in [3.8, 4) is 17.0 Å². The summed E-state index contributed by atoms with van der Waals surface area (Å²) in [4.78, 5) is 4.94.